The minimum Gasteiger partial charge on any atom is -0.494 e. The van der Waals surface area contributed by atoms with Crippen molar-refractivity contribution in [3.8, 4) is 5.75 Å². The normalized spacial score (nSPS) is 11.3. The van der Waals surface area contributed by atoms with Crippen LogP contribution < -0.4 is 4.74 Å². The number of aryl methyl sites for hydroxylation is 1. The molecule has 4 heteroatoms. The number of carbonyl (C=O) groups excluding carboxylic acids is 1. The Morgan fingerprint density at radius 3 is 2.50 bits per heavy atom. The number of ketones is 1. The molecule has 98 valence electrons. The fourth-order valence-electron chi connectivity index (χ4n) is 1.47. The summed E-state index contributed by atoms with van der Waals surface area (Å²) in [6.07, 6.45) is 1.49. The van der Waals surface area contributed by atoms with Crippen LogP contribution in [0.1, 0.15) is 22.8 Å². The van der Waals surface area contributed by atoms with Gasteiger partial charge in [0.05, 0.1) is 7.11 Å². The van der Waals surface area contributed by atoms with Gasteiger partial charge in [0.2, 0.25) is 0 Å². The van der Waals surface area contributed by atoms with Crippen molar-refractivity contribution < 1.29 is 13.9 Å². The molecule has 0 aromatic heterocycles. The molecule has 3 nitrogen and oxygen atoms in total. The van der Waals surface area contributed by atoms with Gasteiger partial charge < -0.3 is 9.64 Å². The van der Waals surface area contributed by atoms with Crippen LogP contribution in [0.15, 0.2) is 23.9 Å². The lowest BCUT2D eigenvalue weighted by atomic mass is 10.0. The van der Waals surface area contributed by atoms with Gasteiger partial charge in [0.1, 0.15) is 0 Å². The van der Waals surface area contributed by atoms with Crippen molar-refractivity contribution in [2.45, 2.75) is 13.8 Å². The van der Waals surface area contributed by atoms with E-state index in [9.17, 15) is 9.18 Å². The molecule has 1 aromatic carbocycles. The van der Waals surface area contributed by atoms with Crippen LogP contribution >= 0.6 is 0 Å². The summed E-state index contributed by atoms with van der Waals surface area (Å²) in [6, 6.07) is 2.75. The van der Waals surface area contributed by atoms with E-state index >= 15 is 0 Å². The third-order valence-corrected chi connectivity index (χ3v) is 2.81. The number of hydrogen-bond donors (Lipinski definition) is 0. The Hall–Kier alpha value is -1.84. The molecule has 0 aliphatic heterocycles. The Morgan fingerprint density at radius 1 is 1.39 bits per heavy atom. The van der Waals surface area contributed by atoms with Gasteiger partial charge in [-0.15, -0.1) is 0 Å². The lowest BCUT2D eigenvalue weighted by molar-refractivity contribution is 0.104. The minimum absolute atomic E-state index is 0.150. The van der Waals surface area contributed by atoms with Crippen molar-refractivity contribution in [3.63, 3.8) is 0 Å². The molecular weight excluding hydrogens is 233 g/mol. The molecule has 0 radical (unpaired) electrons. The Morgan fingerprint density at radius 2 is 2.00 bits per heavy atom. The molecule has 0 atom stereocenters. The fourth-order valence-corrected chi connectivity index (χ4v) is 1.47. The predicted molar refractivity (Wildman–Crippen MR) is 69.5 cm³/mol. The van der Waals surface area contributed by atoms with E-state index in [1.807, 2.05) is 25.9 Å². The quantitative estimate of drug-likeness (QED) is 0.608. The summed E-state index contributed by atoms with van der Waals surface area (Å²) in [6.45, 7) is 3.58. The number of allylic oxidation sites excluding steroid dienone is 2. The average molecular weight is 251 g/mol. The molecule has 0 aliphatic carbocycles. The highest BCUT2D eigenvalue weighted by molar-refractivity contribution is 6.06. The number of nitrogens with zero attached hydrogens (tertiary/aromatic N) is 1. The van der Waals surface area contributed by atoms with Crippen LogP contribution in [0, 0.1) is 12.7 Å². The average Bonchev–Trinajstić information content (AvgIpc) is 2.31. The summed E-state index contributed by atoms with van der Waals surface area (Å²) in [7, 11) is 5.09. The molecule has 1 aromatic rings. The lowest BCUT2D eigenvalue weighted by Crippen LogP contribution is -2.11. The highest BCUT2D eigenvalue weighted by Gasteiger charge is 2.12. The highest BCUT2D eigenvalue weighted by atomic mass is 19.1. The van der Waals surface area contributed by atoms with Gasteiger partial charge >= 0.3 is 0 Å². The summed E-state index contributed by atoms with van der Waals surface area (Å²) >= 11 is 0. The first kappa shape index (κ1) is 14.2. The van der Waals surface area contributed by atoms with Gasteiger partial charge in [0, 0.05) is 31.4 Å². The third kappa shape index (κ3) is 3.09. The van der Waals surface area contributed by atoms with Gasteiger partial charge in [0.25, 0.3) is 0 Å². The number of benzene rings is 1. The van der Waals surface area contributed by atoms with E-state index in [1.165, 1.54) is 25.3 Å². The van der Waals surface area contributed by atoms with Gasteiger partial charge in [0.15, 0.2) is 17.3 Å². The van der Waals surface area contributed by atoms with Crippen molar-refractivity contribution in [3.05, 3.63) is 40.8 Å². The lowest BCUT2D eigenvalue weighted by Gasteiger charge is -2.12. The maximum absolute atomic E-state index is 13.6. The first-order valence-corrected chi connectivity index (χ1v) is 5.61. The van der Waals surface area contributed by atoms with E-state index in [0.717, 1.165) is 5.70 Å². The van der Waals surface area contributed by atoms with Crippen LogP contribution in [0.4, 0.5) is 4.39 Å². The van der Waals surface area contributed by atoms with Gasteiger partial charge in [-0.25, -0.2) is 4.39 Å². The van der Waals surface area contributed by atoms with Gasteiger partial charge in [-0.05, 0) is 31.5 Å². The second kappa shape index (κ2) is 5.67. The van der Waals surface area contributed by atoms with Gasteiger partial charge in [-0.2, -0.15) is 0 Å². The van der Waals surface area contributed by atoms with Gasteiger partial charge in [-0.1, -0.05) is 0 Å². The second-order valence-electron chi connectivity index (χ2n) is 4.35. The minimum atomic E-state index is -0.526. The molecule has 0 saturated carbocycles. The van der Waals surface area contributed by atoms with E-state index in [1.54, 1.807) is 6.92 Å². The Balaban J connectivity index is 3.15. The van der Waals surface area contributed by atoms with Crippen LogP contribution in [0.25, 0.3) is 0 Å². The Bertz CT molecular complexity index is 493. The van der Waals surface area contributed by atoms with Crippen molar-refractivity contribution in [1.29, 1.82) is 0 Å². The number of methoxy groups -OCH3 is 1. The monoisotopic (exact) mass is 251 g/mol. The van der Waals surface area contributed by atoms with Crippen LogP contribution in [-0.2, 0) is 0 Å². The Kier molecular flexibility index (Phi) is 4.48. The van der Waals surface area contributed by atoms with E-state index in [0.29, 0.717) is 11.1 Å². The van der Waals surface area contributed by atoms with Crippen molar-refractivity contribution >= 4 is 5.78 Å². The number of ether oxygens (including phenoxy) is 1. The van der Waals surface area contributed by atoms with E-state index < -0.39 is 5.82 Å². The van der Waals surface area contributed by atoms with E-state index in [4.69, 9.17) is 4.74 Å². The summed E-state index contributed by atoms with van der Waals surface area (Å²) in [5.41, 5.74) is 1.87. The summed E-state index contributed by atoms with van der Waals surface area (Å²) < 4.78 is 18.4. The molecule has 18 heavy (non-hydrogen) atoms. The third-order valence-electron chi connectivity index (χ3n) is 2.81. The topological polar surface area (TPSA) is 29.5 Å². The molecule has 0 heterocycles. The Labute approximate surface area is 107 Å². The SMILES string of the molecule is COc1cc(C)c(C(=O)/C=C(\C)N(C)C)cc1F. The van der Waals surface area contributed by atoms with E-state index in [-0.39, 0.29) is 11.5 Å². The van der Waals surface area contributed by atoms with Crippen molar-refractivity contribution in [1.82, 2.24) is 4.90 Å². The first-order chi connectivity index (χ1) is 8.36. The fraction of sp³-hybridized carbons (Fsp3) is 0.357. The van der Waals surface area contributed by atoms with Crippen LogP contribution in [0.3, 0.4) is 0 Å². The number of halogens is 1. The van der Waals surface area contributed by atoms with Crippen LogP contribution in [0.2, 0.25) is 0 Å². The zero-order valence-corrected chi connectivity index (χ0v) is 11.4. The predicted octanol–water partition coefficient (Wildman–Crippen LogP) is 2.79. The first-order valence-electron chi connectivity index (χ1n) is 5.61. The largest absolute Gasteiger partial charge is 0.494 e. The molecule has 0 N–H and O–H groups in total. The maximum Gasteiger partial charge on any atom is 0.187 e. The molecule has 0 bridgehead atoms. The highest BCUT2D eigenvalue weighted by Crippen LogP contribution is 2.22. The van der Waals surface area contributed by atoms with Crippen LogP contribution in [-0.4, -0.2) is 31.9 Å². The zero-order chi connectivity index (χ0) is 13.9. The second-order valence-corrected chi connectivity index (χ2v) is 4.35. The van der Waals surface area contributed by atoms with Crippen LogP contribution in [0.5, 0.6) is 5.75 Å². The molecule has 0 spiro atoms. The molecular formula is C14H18FNO2. The smallest absolute Gasteiger partial charge is 0.187 e. The molecule has 0 aliphatic rings. The van der Waals surface area contributed by atoms with E-state index in [2.05, 4.69) is 0 Å². The summed E-state index contributed by atoms with van der Waals surface area (Å²) in [5.74, 6) is -0.583. The maximum atomic E-state index is 13.6. The number of rotatable bonds is 4. The molecule has 1 rings (SSSR count). The molecule has 0 saturated heterocycles. The standard InChI is InChI=1S/C14H18FNO2/c1-9-6-14(18-5)12(15)8-11(9)13(17)7-10(2)16(3)4/h6-8H,1-5H3/b10-7+. The zero-order valence-electron chi connectivity index (χ0n) is 11.4. The van der Waals surface area contributed by atoms with Crippen molar-refractivity contribution in [2.75, 3.05) is 21.2 Å². The van der Waals surface area contributed by atoms with Crippen molar-refractivity contribution in [2.24, 2.45) is 0 Å². The molecule has 0 unspecified atom stereocenters. The molecule has 0 amide bonds. The van der Waals surface area contributed by atoms with Gasteiger partial charge in [-0.3, -0.25) is 4.79 Å². The molecule has 0 fully saturated rings. The summed E-state index contributed by atoms with van der Waals surface area (Å²) in [4.78, 5) is 13.8. The number of hydrogen-bond acceptors (Lipinski definition) is 3. The summed E-state index contributed by atoms with van der Waals surface area (Å²) in [5, 5.41) is 0. The number of carbonyl (C=O) groups is 1.